The third-order valence-corrected chi connectivity index (χ3v) is 5.11. The van der Waals surface area contributed by atoms with Gasteiger partial charge in [-0.05, 0) is 31.2 Å². The van der Waals surface area contributed by atoms with Gasteiger partial charge in [0.2, 0.25) is 5.91 Å². The number of aromatic nitrogens is 3. The SMILES string of the molecule is C=CCn1c(SCC(=O)Nc2ccccc2OCC)nnc1-c1cccc(Cl)c1. The van der Waals surface area contributed by atoms with Gasteiger partial charge in [0.25, 0.3) is 0 Å². The minimum absolute atomic E-state index is 0.153. The molecular formula is C21H21ClN4O2S. The van der Waals surface area contributed by atoms with Crippen LogP contribution in [-0.4, -0.2) is 33.0 Å². The van der Waals surface area contributed by atoms with Crippen LogP contribution >= 0.6 is 23.4 Å². The fourth-order valence-electron chi connectivity index (χ4n) is 2.70. The molecule has 0 spiro atoms. The molecule has 0 aliphatic heterocycles. The summed E-state index contributed by atoms with van der Waals surface area (Å²) in [6.07, 6.45) is 1.76. The van der Waals surface area contributed by atoms with Crippen LogP contribution in [0.15, 0.2) is 66.3 Å². The van der Waals surface area contributed by atoms with Crippen LogP contribution in [0.2, 0.25) is 5.02 Å². The normalized spacial score (nSPS) is 10.6. The van der Waals surface area contributed by atoms with E-state index >= 15 is 0 Å². The number of carbonyl (C=O) groups excluding carboxylic acids is 1. The highest BCUT2D eigenvalue weighted by molar-refractivity contribution is 7.99. The summed E-state index contributed by atoms with van der Waals surface area (Å²) in [6.45, 7) is 6.75. The van der Waals surface area contributed by atoms with Crippen LogP contribution < -0.4 is 10.1 Å². The van der Waals surface area contributed by atoms with Gasteiger partial charge in [-0.1, -0.05) is 53.7 Å². The van der Waals surface area contributed by atoms with Gasteiger partial charge in [-0.15, -0.1) is 16.8 Å². The Kier molecular flexibility index (Phi) is 7.32. The zero-order valence-electron chi connectivity index (χ0n) is 16.0. The van der Waals surface area contributed by atoms with Crippen molar-refractivity contribution in [2.45, 2.75) is 18.6 Å². The molecule has 0 saturated carbocycles. The zero-order valence-corrected chi connectivity index (χ0v) is 17.5. The van der Waals surface area contributed by atoms with E-state index in [1.54, 1.807) is 12.1 Å². The van der Waals surface area contributed by atoms with Crippen molar-refractivity contribution in [2.75, 3.05) is 17.7 Å². The van der Waals surface area contributed by atoms with Gasteiger partial charge in [0.05, 0.1) is 18.0 Å². The molecule has 3 aromatic rings. The number of anilines is 1. The fraction of sp³-hybridized carbons (Fsp3) is 0.190. The largest absolute Gasteiger partial charge is 0.492 e. The van der Waals surface area contributed by atoms with E-state index in [4.69, 9.17) is 16.3 Å². The van der Waals surface area contributed by atoms with E-state index in [0.717, 1.165) is 5.56 Å². The lowest BCUT2D eigenvalue weighted by Crippen LogP contribution is -2.15. The van der Waals surface area contributed by atoms with Gasteiger partial charge in [0.15, 0.2) is 11.0 Å². The molecule has 29 heavy (non-hydrogen) atoms. The average Bonchev–Trinajstić information content (AvgIpc) is 3.11. The van der Waals surface area contributed by atoms with E-state index in [0.29, 0.717) is 40.6 Å². The monoisotopic (exact) mass is 428 g/mol. The van der Waals surface area contributed by atoms with E-state index in [-0.39, 0.29) is 11.7 Å². The molecule has 0 unspecified atom stereocenters. The van der Waals surface area contributed by atoms with Crippen molar-refractivity contribution in [3.63, 3.8) is 0 Å². The van der Waals surface area contributed by atoms with Crippen LogP contribution in [0.3, 0.4) is 0 Å². The summed E-state index contributed by atoms with van der Waals surface area (Å²) in [5.41, 5.74) is 1.50. The second kappa shape index (κ2) is 10.1. The average molecular weight is 429 g/mol. The van der Waals surface area contributed by atoms with Crippen LogP contribution in [-0.2, 0) is 11.3 Å². The van der Waals surface area contributed by atoms with Gasteiger partial charge in [-0.2, -0.15) is 0 Å². The zero-order chi connectivity index (χ0) is 20.6. The Bertz CT molecular complexity index is 1010. The lowest BCUT2D eigenvalue weighted by molar-refractivity contribution is -0.113. The number of hydrogen-bond donors (Lipinski definition) is 1. The molecule has 3 rings (SSSR count). The third-order valence-electron chi connectivity index (χ3n) is 3.90. The molecule has 0 aliphatic rings. The molecule has 0 aliphatic carbocycles. The van der Waals surface area contributed by atoms with Crippen molar-refractivity contribution in [3.05, 3.63) is 66.2 Å². The fourth-order valence-corrected chi connectivity index (χ4v) is 3.64. The van der Waals surface area contributed by atoms with E-state index in [9.17, 15) is 4.79 Å². The number of nitrogens with one attached hydrogen (secondary N) is 1. The molecule has 1 amide bonds. The molecule has 0 saturated heterocycles. The molecule has 2 aromatic carbocycles. The topological polar surface area (TPSA) is 69.0 Å². The maximum absolute atomic E-state index is 12.5. The minimum Gasteiger partial charge on any atom is -0.492 e. The van der Waals surface area contributed by atoms with Gasteiger partial charge in [0.1, 0.15) is 5.75 Å². The number of ether oxygens (including phenoxy) is 1. The highest BCUT2D eigenvalue weighted by Crippen LogP contribution is 2.27. The Hall–Kier alpha value is -2.77. The summed E-state index contributed by atoms with van der Waals surface area (Å²) in [7, 11) is 0. The van der Waals surface area contributed by atoms with Gasteiger partial charge in [-0.25, -0.2) is 0 Å². The van der Waals surface area contributed by atoms with Crippen LogP contribution in [0, 0.1) is 0 Å². The van der Waals surface area contributed by atoms with E-state index in [1.807, 2.05) is 54.0 Å². The molecule has 6 nitrogen and oxygen atoms in total. The number of nitrogens with zero attached hydrogens (tertiary/aromatic N) is 3. The summed E-state index contributed by atoms with van der Waals surface area (Å²) < 4.78 is 7.45. The molecule has 1 N–H and O–H groups in total. The quantitative estimate of drug-likeness (QED) is 0.387. The Morgan fingerprint density at radius 1 is 1.28 bits per heavy atom. The van der Waals surface area contributed by atoms with Gasteiger partial charge in [0, 0.05) is 17.1 Å². The van der Waals surface area contributed by atoms with Gasteiger partial charge in [-0.3, -0.25) is 9.36 Å². The van der Waals surface area contributed by atoms with E-state index < -0.39 is 0 Å². The van der Waals surface area contributed by atoms with Crippen molar-refractivity contribution in [1.29, 1.82) is 0 Å². The Balaban J connectivity index is 1.72. The number of amides is 1. The number of carbonyl (C=O) groups is 1. The van der Waals surface area contributed by atoms with Gasteiger partial charge < -0.3 is 10.1 Å². The molecule has 0 atom stereocenters. The predicted octanol–water partition coefficient (Wildman–Crippen LogP) is 4.91. The highest BCUT2D eigenvalue weighted by Gasteiger charge is 2.16. The molecule has 150 valence electrons. The standard InChI is InChI=1S/C21H21ClN4O2S/c1-3-12-26-20(15-8-7-9-16(22)13-15)24-25-21(26)29-14-19(27)23-17-10-5-6-11-18(17)28-4-2/h3,5-11,13H,1,4,12,14H2,2H3,(H,23,27). The summed E-state index contributed by atoms with van der Waals surface area (Å²) in [4.78, 5) is 12.5. The number of benzene rings is 2. The number of thioether (sulfide) groups is 1. The third kappa shape index (κ3) is 5.40. The first-order chi connectivity index (χ1) is 14.1. The summed E-state index contributed by atoms with van der Waals surface area (Å²) in [5, 5.41) is 12.7. The first-order valence-electron chi connectivity index (χ1n) is 9.07. The number of halogens is 1. The van der Waals surface area contributed by atoms with Crippen LogP contribution in [0.4, 0.5) is 5.69 Å². The molecule has 0 bridgehead atoms. The van der Waals surface area contributed by atoms with Crippen molar-refractivity contribution < 1.29 is 9.53 Å². The van der Waals surface area contributed by atoms with Crippen molar-refractivity contribution in [1.82, 2.24) is 14.8 Å². The Morgan fingerprint density at radius 3 is 2.86 bits per heavy atom. The first-order valence-corrected chi connectivity index (χ1v) is 10.4. The van der Waals surface area contributed by atoms with Crippen molar-refractivity contribution in [3.8, 4) is 17.1 Å². The smallest absolute Gasteiger partial charge is 0.234 e. The molecular weight excluding hydrogens is 408 g/mol. The molecule has 0 fully saturated rings. The maximum atomic E-state index is 12.5. The number of hydrogen-bond acceptors (Lipinski definition) is 5. The lowest BCUT2D eigenvalue weighted by Gasteiger charge is -2.11. The van der Waals surface area contributed by atoms with Crippen LogP contribution in [0.1, 0.15) is 6.92 Å². The van der Waals surface area contributed by atoms with E-state index in [2.05, 4.69) is 22.1 Å². The predicted molar refractivity (Wildman–Crippen MR) is 118 cm³/mol. The maximum Gasteiger partial charge on any atom is 0.234 e. The highest BCUT2D eigenvalue weighted by atomic mass is 35.5. The molecule has 1 aromatic heterocycles. The Morgan fingerprint density at radius 2 is 2.10 bits per heavy atom. The van der Waals surface area contributed by atoms with Crippen molar-refractivity contribution in [2.24, 2.45) is 0 Å². The van der Waals surface area contributed by atoms with Crippen molar-refractivity contribution >= 4 is 35.0 Å². The van der Waals surface area contributed by atoms with Gasteiger partial charge >= 0.3 is 0 Å². The summed E-state index contributed by atoms with van der Waals surface area (Å²) in [5.74, 6) is 1.36. The molecule has 0 radical (unpaired) electrons. The lowest BCUT2D eigenvalue weighted by atomic mass is 10.2. The van der Waals surface area contributed by atoms with Crippen LogP contribution in [0.5, 0.6) is 5.75 Å². The van der Waals surface area contributed by atoms with E-state index in [1.165, 1.54) is 11.8 Å². The number of allylic oxidation sites excluding steroid dienone is 1. The molecule has 1 heterocycles. The van der Waals surface area contributed by atoms with Crippen LogP contribution in [0.25, 0.3) is 11.4 Å². The minimum atomic E-state index is -0.153. The summed E-state index contributed by atoms with van der Waals surface area (Å²) in [6, 6.07) is 14.8. The second-order valence-electron chi connectivity index (χ2n) is 5.98. The summed E-state index contributed by atoms with van der Waals surface area (Å²) >= 11 is 7.41. The molecule has 8 heteroatoms. The Labute approximate surface area is 178 Å². The number of para-hydroxylation sites is 2. The second-order valence-corrected chi connectivity index (χ2v) is 7.36. The number of rotatable bonds is 9. The first kappa shape index (κ1) is 21.0.